The van der Waals surface area contributed by atoms with Crippen LogP contribution in [0.1, 0.15) is 40.5 Å². The van der Waals surface area contributed by atoms with Gasteiger partial charge in [0.25, 0.3) is 0 Å². The molecular weight excluding hydrogens is 373 g/mol. The van der Waals surface area contributed by atoms with E-state index in [4.69, 9.17) is 0 Å². The van der Waals surface area contributed by atoms with Crippen molar-refractivity contribution < 1.29 is 23.1 Å². The topological polar surface area (TPSA) is 53.4 Å². The average molecular weight is 390 g/mol. The minimum absolute atomic E-state index is 0.307. The molecule has 1 amide bonds. The molecule has 3 heterocycles. The number of thiophene rings is 1. The molecule has 3 rings (SSSR count). The van der Waals surface area contributed by atoms with Gasteiger partial charge in [-0.15, -0.1) is 22.7 Å². The fourth-order valence-electron chi connectivity index (χ4n) is 3.01. The number of aromatic nitrogens is 1. The summed E-state index contributed by atoms with van der Waals surface area (Å²) in [5.41, 5.74) is -1.92. The lowest BCUT2D eigenvalue weighted by Gasteiger charge is -2.36. The number of rotatable bonds is 3. The van der Waals surface area contributed by atoms with Crippen molar-refractivity contribution in [2.75, 3.05) is 6.54 Å². The van der Waals surface area contributed by atoms with Crippen LogP contribution in [0.5, 0.6) is 0 Å². The maximum Gasteiger partial charge on any atom is 0.424 e. The van der Waals surface area contributed by atoms with Crippen molar-refractivity contribution >= 4 is 28.6 Å². The Balaban J connectivity index is 1.87. The van der Waals surface area contributed by atoms with E-state index in [0.717, 1.165) is 10.4 Å². The number of halogens is 3. The molecule has 1 aliphatic heterocycles. The molecule has 0 aliphatic carbocycles. The lowest BCUT2D eigenvalue weighted by molar-refractivity contribution is -0.268. The summed E-state index contributed by atoms with van der Waals surface area (Å²) in [5.74, 6) is -0.725. The molecule has 2 atom stereocenters. The third-order valence-electron chi connectivity index (χ3n) is 4.45. The van der Waals surface area contributed by atoms with Crippen LogP contribution in [0.4, 0.5) is 13.2 Å². The summed E-state index contributed by atoms with van der Waals surface area (Å²) < 4.78 is 40.7. The Labute approximate surface area is 150 Å². The van der Waals surface area contributed by atoms with Crippen LogP contribution >= 0.6 is 22.7 Å². The largest absolute Gasteiger partial charge is 0.424 e. The predicted octanol–water partition coefficient (Wildman–Crippen LogP) is 3.80. The van der Waals surface area contributed by atoms with Crippen molar-refractivity contribution in [3.8, 4) is 0 Å². The van der Waals surface area contributed by atoms with Crippen LogP contribution in [-0.2, 0) is 16.8 Å². The molecule has 0 saturated heterocycles. The van der Waals surface area contributed by atoms with Crippen LogP contribution in [0.25, 0.3) is 0 Å². The zero-order valence-corrected chi connectivity index (χ0v) is 15.3. The molecule has 0 radical (unpaired) electrons. The maximum absolute atomic E-state index is 13.6. The molecule has 25 heavy (non-hydrogen) atoms. The highest BCUT2D eigenvalue weighted by Crippen LogP contribution is 2.44. The van der Waals surface area contributed by atoms with Gasteiger partial charge >= 0.3 is 6.18 Å². The molecule has 2 aromatic heterocycles. The van der Waals surface area contributed by atoms with Crippen LogP contribution in [0.3, 0.4) is 0 Å². The van der Waals surface area contributed by atoms with E-state index in [2.05, 4.69) is 4.98 Å². The minimum Gasteiger partial charge on any atom is -0.374 e. The number of aryl methyl sites for hydroxylation is 1. The minimum atomic E-state index is -4.99. The van der Waals surface area contributed by atoms with Gasteiger partial charge in [0.05, 0.1) is 12.5 Å². The highest BCUT2D eigenvalue weighted by molar-refractivity contribution is 7.10. The third kappa shape index (κ3) is 3.20. The molecule has 0 aromatic carbocycles. The van der Waals surface area contributed by atoms with Gasteiger partial charge in [-0.1, -0.05) is 0 Å². The predicted molar refractivity (Wildman–Crippen MR) is 89.6 cm³/mol. The maximum atomic E-state index is 13.6. The van der Waals surface area contributed by atoms with E-state index in [1.165, 1.54) is 10.3 Å². The summed E-state index contributed by atoms with van der Waals surface area (Å²) in [4.78, 5) is 19.0. The first-order valence-corrected chi connectivity index (χ1v) is 9.47. The zero-order chi connectivity index (χ0) is 18.4. The molecule has 0 spiro atoms. The lowest BCUT2D eigenvalue weighted by Crippen LogP contribution is -2.48. The number of aliphatic hydroxyl groups is 1. The fraction of sp³-hybridized carbons (Fsp3) is 0.500. The van der Waals surface area contributed by atoms with Crippen LogP contribution in [0.2, 0.25) is 0 Å². The van der Waals surface area contributed by atoms with E-state index >= 15 is 0 Å². The Bertz CT molecular complexity index is 786. The Kier molecular flexibility index (Phi) is 4.67. The van der Waals surface area contributed by atoms with Gasteiger partial charge in [0.15, 0.2) is 0 Å². The Hall–Kier alpha value is -1.45. The van der Waals surface area contributed by atoms with Gasteiger partial charge in [0.2, 0.25) is 11.5 Å². The van der Waals surface area contributed by atoms with Gasteiger partial charge in [0.1, 0.15) is 5.01 Å². The lowest BCUT2D eigenvalue weighted by atomic mass is 9.95. The molecule has 0 unspecified atom stereocenters. The van der Waals surface area contributed by atoms with E-state index < -0.39 is 29.1 Å². The van der Waals surface area contributed by atoms with Crippen LogP contribution < -0.4 is 0 Å². The van der Waals surface area contributed by atoms with E-state index in [-0.39, 0.29) is 6.04 Å². The second-order valence-electron chi connectivity index (χ2n) is 6.14. The van der Waals surface area contributed by atoms with Gasteiger partial charge in [-0.3, -0.25) is 4.79 Å². The van der Waals surface area contributed by atoms with E-state index in [0.29, 0.717) is 30.0 Å². The number of carbonyl (C=O) groups is 1. The number of fused-ring (bicyclic) bond motifs is 1. The molecule has 2 aromatic rings. The Morgan fingerprint density at radius 3 is 2.76 bits per heavy atom. The average Bonchev–Trinajstić information content (AvgIpc) is 3.15. The highest BCUT2D eigenvalue weighted by Gasteiger charge is 2.58. The SMILES string of the molecule is Cc1csc([C@](O)(CC(=O)N2CCc3sccc3[C@@H]2C)C(F)(F)F)n1. The third-order valence-corrected chi connectivity index (χ3v) is 6.55. The summed E-state index contributed by atoms with van der Waals surface area (Å²) in [7, 11) is 0. The van der Waals surface area contributed by atoms with E-state index in [9.17, 15) is 23.1 Å². The monoisotopic (exact) mass is 390 g/mol. The van der Waals surface area contributed by atoms with Gasteiger partial charge in [-0.05, 0) is 37.3 Å². The van der Waals surface area contributed by atoms with Crippen molar-refractivity contribution in [2.24, 2.45) is 0 Å². The quantitative estimate of drug-likeness (QED) is 0.867. The number of hydrogen-bond acceptors (Lipinski definition) is 5. The fourth-order valence-corrected chi connectivity index (χ4v) is 4.89. The zero-order valence-electron chi connectivity index (χ0n) is 13.6. The summed E-state index contributed by atoms with van der Waals surface area (Å²) in [5, 5.41) is 13.2. The van der Waals surface area contributed by atoms with Crippen molar-refractivity contribution in [1.82, 2.24) is 9.88 Å². The number of hydrogen-bond donors (Lipinski definition) is 1. The van der Waals surface area contributed by atoms with Crippen molar-refractivity contribution in [1.29, 1.82) is 0 Å². The Morgan fingerprint density at radius 1 is 1.44 bits per heavy atom. The Morgan fingerprint density at radius 2 is 2.16 bits per heavy atom. The van der Waals surface area contributed by atoms with Gasteiger partial charge in [-0.25, -0.2) is 4.98 Å². The van der Waals surface area contributed by atoms with Crippen LogP contribution in [0, 0.1) is 6.92 Å². The molecule has 0 saturated carbocycles. The first-order chi connectivity index (χ1) is 11.6. The second kappa shape index (κ2) is 6.37. The number of carbonyl (C=O) groups excluding carboxylic acids is 1. The van der Waals surface area contributed by atoms with Crippen LogP contribution in [-0.4, -0.2) is 33.6 Å². The molecule has 1 aliphatic rings. The second-order valence-corrected chi connectivity index (χ2v) is 8.00. The first kappa shape index (κ1) is 18.3. The summed E-state index contributed by atoms with van der Waals surface area (Å²) in [6, 6.07) is 1.59. The standard InChI is InChI=1S/C16H17F3N2O2S2/c1-9-8-25-14(20-9)15(23,16(17,18)19)7-13(22)21-5-3-12-11(10(21)2)4-6-24-12/h4,6,8,10,23H,3,5,7H2,1-2H3/t10-,15+/m0/s1. The summed E-state index contributed by atoms with van der Waals surface area (Å²) >= 11 is 2.30. The smallest absolute Gasteiger partial charge is 0.374 e. The highest BCUT2D eigenvalue weighted by atomic mass is 32.1. The van der Waals surface area contributed by atoms with E-state index in [1.54, 1.807) is 25.2 Å². The van der Waals surface area contributed by atoms with Crippen molar-refractivity contribution in [3.63, 3.8) is 0 Å². The van der Waals surface area contributed by atoms with Crippen molar-refractivity contribution in [2.45, 2.75) is 44.5 Å². The molecular formula is C16H17F3N2O2S2. The molecule has 1 N–H and O–H groups in total. The van der Waals surface area contributed by atoms with Gasteiger partial charge < -0.3 is 10.0 Å². The normalized spacial score (nSPS) is 20.2. The van der Waals surface area contributed by atoms with Gasteiger partial charge in [0, 0.05) is 22.5 Å². The van der Waals surface area contributed by atoms with E-state index in [1.807, 2.05) is 11.4 Å². The first-order valence-electron chi connectivity index (χ1n) is 7.71. The number of nitrogens with zero attached hydrogens (tertiary/aromatic N) is 2. The molecule has 136 valence electrons. The number of alkyl halides is 3. The summed E-state index contributed by atoms with van der Waals surface area (Å²) in [6.07, 6.45) is -5.43. The number of amides is 1. The molecule has 4 nitrogen and oxygen atoms in total. The molecule has 0 bridgehead atoms. The number of thiazole rings is 1. The van der Waals surface area contributed by atoms with Crippen LogP contribution in [0.15, 0.2) is 16.8 Å². The molecule has 0 fully saturated rings. The molecule has 9 heteroatoms. The van der Waals surface area contributed by atoms with Gasteiger partial charge in [-0.2, -0.15) is 13.2 Å². The van der Waals surface area contributed by atoms with Crippen molar-refractivity contribution in [3.05, 3.63) is 38.0 Å². The summed E-state index contributed by atoms with van der Waals surface area (Å²) in [6.45, 7) is 3.69.